The van der Waals surface area contributed by atoms with Gasteiger partial charge in [-0.15, -0.1) is 0 Å². The Balaban J connectivity index is 2.68. The molecule has 12 heavy (non-hydrogen) atoms. The van der Waals surface area contributed by atoms with Crippen molar-refractivity contribution in [1.29, 1.82) is 0 Å². The molecule has 1 aliphatic rings. The van der Waals surface area contributed by atoms with E-state index in [1.165, 1.54) is 0 Å². The molecule has 62 valence electrons. The van der Waals surface area contributed by atoms with Gasteiger partial charge in [0.05, 0.1) is 0 Å². The molecule has 0 atom stereocenters. The van der Waals surface area contributed by atoms with E-state index in [2.05, 4.69) is 5.32 Å². The highest BCUT2D eigenvalue weighted by Crippen LogP contribution is 2.24. The van der Waals surface area contributed by atoms with Crippen LogP contribution in [0.5, 0.6) is 0 Å². The number of carbonyl (C=O) groups is 1. The number of nitrogen functional groups attached to an aromatic ring is 1. The van der Waals surface area contributed by atoms with Gasteiger partial charge in [0, 0.05) is 23.4 Å². The minimum absolute atomic E-state index is 0.0169. The predicted octanol–water partition coefficient (Wildman–Crippen LogP) is 0.821. The summed E-state index contributed by atoms with van der Waals surface area (Å²) in [7, 11) is 0. The van der Waals surface area contributed by atoms with E-state index in [0.717, 1.165) is 22.4 Å². The van der Waals surface area contributed by atoms with Gasteiger partial charge in [-0.25, -0.2) is 0 Å². The average molecular weight is 162 g/mol. The van der Waals surface area contributed by atoms with Gasteiger partial charge in [-0.1, -0.05) is 6.07 Å². The lowest BCUT2D eigenvalue weighted by atomic mass is 10.0. The minimum atomic E-state index is -0.0169. The maximum absolute atomic E-state index is 11.2. The quantitative estimate of drug-likeness (QED) is 0.555. The summed E-state index contributed by atoms with van der Waals surface area (Å²) in [5.74, 6) is -0.0169. The zero-order chi connectivity index (χ0) is 8.72. The Bertz CT molecular complexity index is 358. The van der Waals surface area contributed by atoms with Gasteiger partial charge >= 0.3 is 0 Å². The van der Waals surface area contributed by atoms with Crippen LogP contribution < -0.4 is 11.1 Å². The highest BCUT2D eigenvalue weighted by atomic mass is 16.1. The molecule has 0 fully saturated rings. The van der Waals surface area contributed by atoms with Gasteiger partial charge in [0.1, 0.15) is 0 Å². The molecular weight excluding hydrogens is 152 g/mol. The summed E-state index contributed by atoms with van der Waals surface area (Å²) in [5.41, 5.74) is 9.24. The molecule has 1 amide bonds. The van der Waals surface area contributed by atoms with Gasteiger partial charge < -0.3 is 11.1 Å². The summed E-state index contributed by atoms with van der Waals surface area (Å²) >= 11 is 0. The first-order valence-electron chi connectivity index (χ1n) is 3.86. The lowest BCUT2D eigenvalue weighted by Crippen LogP contribution is -2.12. The molecule has 1 aromatic rings. The summed E-state index contributed by atoms with van der Waals surface area (Å²) in [6.45, 7) is 2.51. The maximum atomic E-state index is 11.2. The summed E-state index contributed by atoms with van der Waals surface area (Å²) in [6, 6.07) is 3.70. The van der Waals surface area contributed by atoms with Gasteiger partial charge in [0.2, 0.25) is 0 Å². The van der Waals surface area contributed by atoms with Crippen LogP contribution in [-0.4, -0.2) is 5.91 Å². The second kappa shape index (κ2) is 2.24. The predicted molar refractivity (Wildman–Crippen MR) is 46.8 cm³/mol. The minimum Gasteiger partial charge on any atom is -0.398 e. The molecule has 0 saturated carbocycles. The molecule has 1 aromatic carbocycles. The Hall–Kier alpha value is -1.51. The lowest BCUT2D eigenvalue weighted by molar-refractivity contribution is 0.0966. The van der Waals surface area contributed by atoms with Gasteiger partial charge in [0.25, 0.3) is 5.91 Å². The Kier molecular flexibility index (Phi) is 1.33. The van der Waals surface area contributed by atoms with Gasteiger partial charge in [0.15, 0.2) is 0 Å². The van der Waals surface area contributed by atoms with Crippen LogP contribution in [0, 0.1) is 6.92 Å². The number of nitrogens with two attached hydrogens (primary N) is 1. The number of hydrogen-bond donors (Lipinski definition) is 2. The van der Waals surface area contributed by atoms with Gasteiger partial charge in [-0.05, 0) is 18.6 Å². The number of rotatable bonds is 0. The number of carbonyl (C=O) groups excluding carboxylic acids is 1. The molecule has 0 spiro atoms. The molecule has 0 radical (unpaired) electrons. The SMILES string of the molecule is Cc1ccc2c(c1N)CNC2=O. The summed E-state index contributed by atoms with van der Waals surface area (Å²) in [4.78, 5) is 11.2. The van der Waals surface area contributed by atoms with E-state index in [1.54, 1.807) is 0 Å². The topological polar surface area (TPSA) is 55.1 Å². The largest absolute Gasteiger partial charge is 0.398 e. The molecule has 3 nitrogen and oxygen atoms in total. The highest BCUT2D eigenvalue weighted by molar-refractivity contribution is 6.00. The van der Waals surface area contributed by atoms with E-state index in [-0.39, 0.29) is 5.91 Å². The highest BCUT2D eigenvalue weighted by Gasteiger charge is 2.20. The van der Waals surface area contributed by atoms with Crippen LogP contribution >= 0.6 is 0 Å². The van der Waals surface area contributed by atoms with E-state index in [0.29, 0.717) is 6.54 Å². The van der Waals surface area contributed by atoms with Crippen LogP contribution in [0.25, 0.3) is 0 Å². The van der Waals surface area contributed by atoms with Crippen molar-refractivity contribution in [3.63, 3.8) is 0 Å². The molecule has 0 aromatic heterocycles. The van der Waals surface area contributed by atoms with Crippen LogP contribution in [0.4, 0.5) is 5.69 Å². The molecule has 1 aliphatic heterocycles. The fourth-order valence-electron chi connectivity index (χ4n) is 1.45. The maximum Gasteiger partial charge on any atom is 0.251 e. The molecular formula is C9H10N2O. The van der Waals surface area contributed by atoms with Crippen LogP contribution in [0.1, 0.15) is 21.5 Å². The number of amides is 1. The number of nitrogens with one attached hydrogen (secondary N) is 1. The Labute approximate surface area is 70.6 Å². The monoisotopic (exact) mass is 162 g/mol. The Morgan fingerprint density at radius 3 is 3.00 bits per heavy atom. The van der Waals surface area contributed by atoms with Crippen molar-refractivity contribution in [1.82, 2.24) is 5.32 Å². The summed E-state index contributed by atoms with van der Waals surface area (Å²) in [6.07, 6.45) is 0. The van der Waals surface area contributed by atoms with Crippen LogP contribution in [0.2, 0.25) is 0 Å². The Morgan fingerprint density at radius 2 is 2.25 bits per heavy atom. The zero-order valence-corrected chi connectivity index (χ0v) is 6.85. The van der Waals surface area contributed by atoms with Crippen molar-refractivity contribution in [2.75, 3.05) is 5.73 Å². The first-order valence-corrected chi connectivity index (χ1v) is 3.86. The third-order valence-electron chi connectivity index (χ3n) is 2.25. The molecule has 1 heterocycles. The fourth-order valence-corrected chi connectivity index (χ4v) is 1.45. The van der Waals surface area contributed by atoms with Gasteiger partial charge in [-0.2, -0.15) is 0 Å². The molecule has 3 heteroatoms. The summed E-state index contributed by atoms with van der Waals surface area (Å²) in [5, 5.41) is 2.73. The van der Waals surface area contributed by atoms with E-state index in [4.69, 9.17) is 5.73 Å². The van der Waals surface area contributed by atoms with E-state index < -0.39 is 0 Å². The third kappa shape index (κ3) is 0.794. The second-order valence-corrected chi connectivity index (χ2v) is 3.00. The normalized spacial score (nSPS) is 14.2. The van der Waals surface area contributed by atoms with Crippen LogP contribution in [0.15, 0.2) is 12.1 Å². The summed E-state index contributed by atoms with van der Waals surface area (Å²) < 4.78 is 0. The standard InChI is InChI=1S/C9H10N2O/c1-5-2-3-6-7(8(5)10)4-11-9(6)12/h2-3H,4,10H2,1H3,(H,11,12). The van der Waals surface area contributed by atoms with Crippen molar-refractivity contribution in [2.45, 2.75) is 13.5 Å². The molecule has 3 N–H and O–H groups in total. The molecule has 0 saturated heterocycles. The number of fused-ring (bicyclic) bond motifs is 1. The fraction of sp³-hybridized carbons (Fsp3) is 0.222. The molecule has 0 aliphatic carbocycles. The van der Waals surface area contributed by atoms with E-state index in [9.17, 15) is 4.79 Å². The number of hydrogen-bond acceptors (Lipinski definition) is 2. The second-order valence-electron chi connectivity index (χ2n) is 3.00. The first-order chi connectivity index (χ1) is 5.70. The van der Waals surface area contributed by atoms with Crippen molar-refractivity contribution in [3.05, 3.63) is 28.8 Å². The van der Waals surface area contributed by atoms with Gasteiger partial charge in [-0.3, -0.25) is 4.79 Å². The van der Waals surface area contributed by atoms with E-state index in [1.807, 2.05) is 19.1 Å². The third-order valence-corrected chi connectivity index (χ3v) is 2.25. The van der Waals surface area contributed by atoms with E-state index >= 15 is 0 Å². The first kappa shape index (κ1) is 7.16. The van der Waals surface area contributed by atoms with Crippen molar-refractivity contribution < 1.29 is 4.79 Å². The number of aryl methyl sites for hydroxylation is 1. The van der Waals surface area contributed by atoms with Crippen LogP contribution in [-0.2, 0) is 6.54 Å². The van der Waals surface area contributed by atoms with Crippen molar-refractivity contribution >= 4 is 11.6 Å². The van der Waals surface area contributed by atoms with Crippen molar-refractivity contribution in [3.8, 4) is 0 Å². The average Bonchev–Trinajstić information content (AvgIpc) is 2.41. The molecule has 0 unspecified atom stereocenters. The Morgan fingerprint density at radius 1 is 1.50 bits per heavy atom. The molecule has 0 bridgehead atoms. The number of benzene rings is 1. The zero-order valence-electron chi connectivity index (χ0n) is 6.85. The number of anilines is 1. The lowest BCUT2D eigenvalue weighted by Gasteiger charge is -2.03. The van der Waals surface area contributed by atoms with Crippen molar-refractivity contribution in [2.24, 2.45) is 0 Å². The van der Waals surface area contributed by atoms with Crippen LogP contribution in [0.3, 0.4) is 0 Å². The smallest absolute Gasteiger partial charge is 0.251 e. The molecule has 2 rings (SSSR count).